The minimum absolute atomic E-state index is 0.445. The van der Waals surface area contributed by atoms with Crippen LogP contribution in [0, 0.1) is 17.6 Å². The van der Waals surface area contributed by atoms with Gasteiger partial charge in [-0.25, -0.2) is 8.78 Å². The molecule has 1 aliphatic heterocycles. The van der Waals surface area contributed by atoms with Crippen molar-refractivity contribution < 1.29 is 8.78 Å². The average Bonchev–Trinajstić information content (AvgIpc) is 2.38. The molecule has 0 aliphatic carbocycles. The molecule has 2 rings (SSSR count). The molecule has 0 radical (unpaired) electrons. The first-order valence-electron chi connectivity index (χ1n) is 7.04. The molecule has 1 aliphatic rings. The van der Waals surface area contributed by atoms with Crippen LogP contribution in [0.5, 0.6) is 0 Å². The molecule has 1 aromatic carbocycles. The predicted molar refractivity (Wildman–Crippen MR) is 76.5 cm³/mol. The SMILES string of the molecule is CC1CCN(C(N)=NCCc2cc(F)cc(F)c2)CC1. The van der Waals surface area contributed by atoms with Crippen molar-refractivity contribution in [2.75, 3.05) is 19.6 Å². The molecule has 0 amide bonds. The number of aliphatic imine (C=N–C) groups is 1. The summed E-state index contributed by atoms with van der Waals surface area (Å²) in [5.74, 6) is 0.173. The van der Waals surface area contributed by atoms with Crippen LogP contribution in [0.1, 0.15) is 25.3 Å². The second-order valence-corrected chi connectivity index (χ2v) is 5.44. The van der Waals surface area contributed by atoms with E-state index in [2.05, 4.69) is 16.8 Å². The molecule has 1 heterocycles. The molecule has 0 aromatic heterocycles. The Labute approximate surface area is 118 Å². The van der Waals surface area contributed by atoms with Crippen LogP contribution in [-0.2, 0) is 6.42 Å². The monoisotopic (exact) mass is 281 g/mol. The molecule has 2 N–H and O–H groups in total. The standard InChI is InChI=1S/C15H21F2N3/c1-11-3-6-20(7-4-11)15(18)19-5-2-12-8-13(16)10-14(17)9-12/h8-11H,2-7H2,1H3,(H2,18,19). The Bertz CT molecular complexity index is 460. The zero-order valence-electron chi connectivity index (χ0n) is 11.8. The van der Waals surface area contributed by atoms with Crippen LogP contribution in [-0.4, -0.2) is 30.5 Å². The van der Waals surface area contributed by atoms with Gasteiger partial charge in [0.2, 0.25) is 0 Å². The van der Waals surface area contributed by atoms with Gasteiger partial charge in [0, 0.05) is 25.7 Å². The largest absolute Gasteiger partial charge is 0.370 e. The minimum Gasteiger partial charge on any atom is -0.370 e. The van der Waals surface area contributed by atoms with Crippen molar-refractivity contribution in [1.29, 1.82) is 0 Å². The molecule has 0 atom stereocenters. The molecule has 1 fully saturated rings. The first-order valence-corrected chi connectivity index (χ1v) is 7.04. The highest BCUT2D eigenvalue weighted by Crippen LogP contribution is 2.15. The van der Waals surface area contributed by atoms with Gasteiger partial charge in [0.25, 0.3) is 0 Å². The van der Waals surface area contributed by atoms with E-state index in [1.807, 2.05) is 0 Å². The molecule has 3 nitrogen and oxygen atoms in total. The molecule has 1 saturated heterocycles. The Hall–Kier alpha value is -1.65. The number of rotatable bonds is 3. The fourth-order valence-corrected chi connectivity index (χ4v) is 2.39. The molecule has 0 saturated carbocycles. The van der Waals surface area contributed by atoms with E-state index in [1.165, 1.54) is 12.1 Å². The van der Waals surface area contributed by atoms with Gasteiger partial charge in [0.1, 0.15) is 11.6 Å². The number of piperidine rings is 1. The second kappa shape index (κ2) is 6.68. The molecule has 20 heavy (non-hydrogen) atoms. The first kappa shape index (κ1) is 14.8. The van der Waals surface area contributed by atoms with Gasteiger partial charge < -0.3 is 10.6 Å². The van der Waals surface area contributed by atoms with Gasteiger partial charge in [-0.3, -0.25) is 4.99 Å². The fourth-order valence-electron chi connectivity index (χ4n) is 2.39. The van der Waals surface area contributed by atoms with Gasteiger partial charge in [-0.1, -0.05) is 6.92 Å². The lowest BCUT2D eigenvalue weighted by atomic mass is 10.00. The third kappa shape index (κ3) is 4.18. The third-order valence-corrected chi connectivity index (χ3v) is 3.70. The number of halogens is 2. The summed E-state index contributed by atoms with van der Waals surface area (Å²) in [6.07, 6.45) is 2.75. The Balaban J connectivity index is 1.86. The number of benzene rings is 1. The van der Waals surface area contributed by atoms with Crippen LogP contribution in [0.2, 0.25) is 0 Å². The lowest BCUT2D eigenvalue weighted by Gasteiger charge is -2.31. The normalized spacial score (nSPS) is 17.6. The van der Waals surface area contributed by atoms with Crippen molar-refractivity contribution in [2.45, 2.75) is 26.2 Å². The van der Waals surface area contributed by atoms with Crippen LogP contribution in [0.3, 0.4) is 0 Å². The van der Waals surface area contributed by atoms with E-state index in [-0.39, 0.29) is 0 Å². The van der Waals surface area contributed by atoms with E-state index in [4.69, 9.17) is 5.73 Å². The maximum absolute atomic E-state index is 13.0. The van der Waals surface area contributed by atoms with Crippen LogP contribution in [0.4, 0.5) is 8.78 Å². The van der Waals surface area contributed by atoms with E-state index >= 15 is 0 Å². The topological polar surface area (TPSA) is 41.6 Å². The highest BCUT2D eigenvalue weighted by molar-refractivity contribution is 5.78. The van der Waals surface area contributed by atoms with Crippen molar-refractivity contribution in [3.63, 3.8) is 0 Å². The van der Waals surface area contributed by atoms with E-state index < -0.39 is 11.6 Å². The molecule has 0 unspecified atom stereocenters. The summed E-state index contributed by atoms with van der Waals surface area (Å²) in [4.78, 5) is 6.38. The number of hydrogen-bond donors (Lipinski definition) is 1. The Morgan fingerprint density at radius 3 is 2.45 bits per heavy atom. The Morgan fingerprint density at radius 2 is 1.85 bits per heavy atom. The maximum atomic E-state index is 13.0. The van der Waals surface area contributed by atoms with E-state index in [0.29, 0.717) is 24.5 Å². The highest BCUT2D eigenvalue weighted by Gasteiger charge is 2.16. The van der Waals surface area contributed by atoms with Gasteiger partial charge in [-0.05, 0) is 42.9 Å². The number of nitrogens with two attached hydrogens (primary N) is 1. The summed E-state index contributed by atoms with van der Waals surface area (Å²) in [6.45, 7) is 4.56. The Kier molecular flexibility index (Phi) is 4.93. The summed E-state index contributed by atoms with van der Waals surface area (Å²) in [6, 6.07) is 3.53. The Morgan fingerprint density at radius 1 is 1.25 bits per heavy atom. The van der Waals surface area contributed by atoms with Crippen molar-refractivity contribution >= 4 is 5.96 Å². The van der Waals surface area contributed by atoms with E-state index in [0.717, 1.165) is 37.9 Å². The quantitative estimate of drug-likeness (QED) is 0.683. The number of hydrogen-bond acceptors (Lipinski definition) is 1. The van der Waals surface area contributed by atoms with Crippen molar-refractivity contribution in [3.05, 3.63) is 35.4 Å². The van der Waals surface area contributed by atoms with E-state index in [9.17, 15) is 8.78 Å². The van der Waals surface area contributed by atoms with Gasteiger partial charge in [-0.15, -0.1) is 0 Å². The predicted octanol–water partition coefficient (Wildman–Crippen LogP) is 2.55. The van der Waals surface area contributed by atoms with Gasteiger partial charge in [0.05, 0.1) is 0 Å². The number of likely N-dealkylation sites (tertiary alicyclic amines) is 1. The molecule has 0 spiro atoms. The lowest BCUT2D eigenvalue weighted by Crippen LogP contribution is -2.42. The van der Waals surface area contributed by atoms with Crippen LogP contribution in [0.15, 0.2) is 23.2 Å². The summed E-state index contributed by atoms with van der Waals surface area (Å²) < 4.78 is 26.1. The zero-order chi connectivity index (χ0) is 14.5. The average molecular weight is 281 g/mol. The molecule has 110 valence electrons. The number of guanidine groups is 1. The second-order valence-electron chi connectivity index (χ2n) is 5.44. The van der Waals surface area contributed by atoms with Crippen LogP contribution >= 0.6 is 0 Å². The van der Waals surface area contributed by atoms with Gasteiger partial charge >= 0.3 is 0 Å². The summed E-state index contributed by atoms with van der Waals surface area (Å²) >= 11 is 0. The third-order valence-electron chi connectivity index (χ3n) is 3.70. The summed E-state index contributed by atoms with van der Waals surface area (Å²) in [5, 5.41) is 0. The van der Waals surface area contributed by atoms with Gasteiger partial charge in [-0.2, -0.15) is 0 Å². The van der Waals surface area contributed by atoms with Crippen molar-refractivity contribution in [1.82, 2.24) is 4.90 Å². The smallest absolute Gasteiger partial charge is 0.191 e. The molecular weight excluding hydrogens is 260 g/mol. The van der Waals surface area contributed by atoms with Crippen LogP contribution < -0.4 is 5.73 Å². The maximum Gasteiger partial charge on any atom is 0.191 e. The molecular formula is C15H21F2N3. The number of nitrogens with zero attached hydrogens (tertiary/aromatic N) is 2. The van der Waals surface area contributed by atoms with Crippen molar-refractivity contribution in [3.8, 4) is 0 Å². The molecule has 0 bridgehead atoms. The highest BCUT2D eigenvalue weighted by atomic mass is 19.1. The zero-order valence-corrected chi connectivity index (χ0v) is 11.8. The van der Waals surface area contributed by atoms with Gasteiger partial charge in [0.15, 0.2) is 5.96 Å². The fraction of sp³-hybridized carbons (Fsp3) is 0.533. The molecule has 5 heteroatoms. The van der Waals surface area contributed by atoms with Crippen molar-refractivity contribution in [2.24, 2.45) is 16.6 Å². The first-order chi connectivity index (χ1) is 9.54. The minimum atomic E-state index is -0.554. The summed E-state index contributed by atoms with van der Waals surface area (Å²) in [7, 11) is 0. The van der Waals surface area contributed by atoms with E-state index in [1.54, 1.807) is 0 Å². The van der Waals surface area contributed by atoms with Crippen LogP contribution in [0.25, 0.3) is 0 Å². The summed E-state index contributed by atoms with van der Waals surface area (Å²) in [5.41, 5.74) is 6.55. The lowest BCUT2D eigenvalue weighted by molar-refractivity contribution is 0.277. The molecule has 1 aromatic rings.